The van der Waals surface area contributed by atoms with Gasteiger partial charge in [0.2, 0.25) is 5.91 Å². The highest BCUT2D eigenvalue weighted by Crippen LogP contribution is 2.40. The molecule has 202 valence electrons. The van der Waals surface area contributed by atoms with Crippen LogP contribution in [0.3, 0.4) is 0 Å². The number of aromatic hydroxyl groups is 1. The molecule has 1 heterocycles. The van der Waals surface area contributed by atoms with Gasteiger partial charge in [-0.3, -0.25) is 9.69 Å². The number of nitrogens with zero attached hydrogens (tertiary/aromatic N) is 2. The van der Waals surface area contributed by atoms with Gasteiger partial charge >= 0.3 is 0 Å². The van der Waals surface area contributed by atoms with Gasteiger partial charge in [0.25, 0.3) is 0 Å². The first-order valence-corrected chi connectivity index (χ1v) is 13.9. The predicted molar refractivity (Wildman–Crippen MR) is 157 cm³/mol. The summed E-state index contributed by atoms with van der Waals surface area (Å²) in [6, 6.07) is 25.1. The molecular weight excluding hydrogens is 468 g/mol. The van der Waals surface area contributed by atoms with Gasteiger partial charge in [-0.2, -0.15) is 0 Å². The van der Waals surface area contributed by atoms with Crippen LogP contribution in [-0.4, -0.2) is 47.0 Å². The van der Waals surface area contributed by atoms with Crippen molar-refractivity contribution in [3.63, 3.8) is 0 Å². The lowest BCUT2D eigenvalue weighted by atomic mass is 9.78. The third-order valence-corrected chi connectivity index (χ3v) is 7.70. The summed E-state index contributed by atoms with van der Waals surface area (Å²) in [5, 5.41) is 11.1. The zero-order valence-corrected chi connectivity index (χ0v) is 24.0. The van der Waals surface area contributed by atoms with Gasteiger partial charge in [-0.15, -0.1) is 0 Å². The van der Waals surface area contributed by atoms with Crippen molar-refractivity contribution in [1.82, 2.24) is 9.80 Å². The molecule has 1 fully saturated rings. The first-order chi connectivity index (χ1) is 17.9. The van der Waals surface area contributed by atoms with E-state index in [4.69, 9.17) is 0 Å². The van der Waals surface area contributed by atoms with E-state index in [2.05, 4.69) is 82.8 Å². The minimum absolute atomic E-state index is 0.0616. The van der Waals surface area contributed by atoms with Crippen LogP contribution in [0.25, 0.3) is 0 Å². The van der Waals surface area contributed by atoms with E-state index in [1.807, 2.05) is 41.3 Å². The highest BCUT2D eigenvalue weighted by Gasteiger charge is 2.28. The molecule has 0 bridgehead atoms. The molecule has 38 heavy (non-hydrogen) atoms. The average Bonchev–Trinajstić information content (AvgIpc) is 2.88. The highest BCUT2D eigenvalue weighted by molar-refractivity contribution is 5.78. The molecule has 1 N–H and O–H groups in total. The van der Waals surface area contributed by atoms with Gasteiger partial charge in [0.1, 0.15) is 5.75 Å². The zero-order valence-electron chi connectivity index (χ0n) is 24.0. The largest absolute Gasteiger partial charge is 0.507 e. The summed E-state index contributed by atoms with van der Waals surface area (Å²) in [7, 11) is 0. The number of piperazine rings is 1. The Labute approximate surface area is 229 Å². The number of hydrogen-bond donors (Lipinski definition) is 1. The molecule has 0 unspecified atom stereocenters. The van der Waals surface area contributed by atoms with Crippen LogP contribution in [0.15, 0.2) is 72.8 Å². The van der Waals surface area contributed by atoms with E-state index >= 15 is 0 Å². The molecule has 3 aromatic carbocycles. The second kappa shape index (κ2) is 11.3. The molecule has 1 aliphatic rings. The molecule has 1 amide bonds. The molecule has 4 heteroatoms. The van der Waals surface area contributed by atoms with Gasteiger partial charge in [-0.05, 0) is 38.6 Å². The van der Waals surface area contributed by atoms with E-state index in [1.54, 1.807) is 0 Å². The molecule has 0 aromatic heterocycles. The van der Waals surface area contributed by atoms with Gasteiger partial charge < -0.3 is 10.0 Å². The maximum atomic E-state index is 13.4. The van der Waals surface area contributed by atoms with Crippen LogP contribution in [0.4, 0.5) is 0 Å². The fourth-order valence-corrected chi connectivity index (χ4v) is 5.45. The molecule has 0 atom stereocenters. The van der Waals surface area contributed by atoms with Crippen molar-refractivity contribution in [2.75, 3.05) is 26.2 Å². The molecule has 4 rings (SSSR count). The smallest absolute Gasteiger partial charge is 0.223 e. The third kappa shape index (κ3) is 6.66. The van der Waals surface area contributed by atoms with Gasteiger partial charge in [-0.1, -0.05) is 114 Å². The Morgan fingerprint density at radius 1 is 0.763 bits per heavy atom. The van der Waals surface area contributed by atoms with Gasteiger partial charge in [0.15, 0.2) is 0 Å². The van der Waals surface area contributed by atoms with Crippen molar-refractivity contribution in [3.8, 4) is 5.75 Å². The van der Waals surface area contributed by atoms with E-state index in [0.717, 1.165) is 43.9 Å². The van der Waals surface area contributed by atoms with Crippen LogP contribution >= 0.6 is 0 Å². The van der Waals surface area contributed by atoms with Crippen LogP contribution < -0.4 is 0 Å². The molecular formula is C34H44N2O2. The Kier molecular flexibility index (Phi) is 8.32. The van der Waals surface area contributed by atoms with Crippen molar-refractivity contribution in [3.05, 3.63) is 101 Å². The Bertz CT molecular complexity index is 1140. The Morgan fingerprint density at radius 3 is 1.63 bits per heavy atom. The molecule has 1 aliphatic heterocycles. The molecule has 0 spiro atoms. The SMILES string of the molecule is CC(C)(C)c1cc(CN2CCN(C(=O)CC(c3ccccc3)c3ccccc3)CC2)cc(C(C)(C)C)c1O. The second-order valence-electron chi connectivity index (χ2n) is 12.8. The van der Waals surface area contributed by atoms with E-state index in [1.165, 1.54) is 16.7 Å². The maximum Gasteiger partial charge on any atom is 0.223 e. The van der Waals surface area contributed by atoms with Gasteiger partial charge in [0.05, 0.1) is 0 Å². The normalized spacial score (nSPS) is 15.2. The lowest BCUT2D eigenvalue weighted by Crippen LogP contribution is -2.48. The number of phenols is 1. The molecule has 1 saturated heterocycles. The summed E-state index contributed by atoms with van der Waals surface area (Å²) < 4.78 is 0. The standard InChI is InChI=1S/C34H44N2O2/c1-33(2,3)29-21-25(22-30(32(29)38)34(4,5)6)24-35-17-19-36(20-18-35)31(37)23-28(26-13-9-7-10-14-26)27-15-11-8-12-16-27/h7-16,21-22,28,38H,17-20,23-24H2,1-6H3. The van der Waals surface area contributed by atoms with Crippen LogP contribution in [0.5, 0.6) is 5.75 Å². The second-order valence-corrected chi connectivity index (χ2v) is 12.8. The summed E-state index contributed by atoms with van der Waals surface area (Å²) in [5.74, 6) is 0.708. The van der Waals surface area contributed by atoms with Gasteiger partial charge in [0, 0.05) is 45.1 Å². The molecule has 3 aromatic rings. The summed E-state index contributed by atoms with van der Waals surface area (Å²) in [4.78, 5) is 17.9. The third-order valence-electron chi connectivity index (χ3n) is 7.70. The van der Waals surface area contributed by atoms with Crippen molar-refractivity contribution >= 4 is 5.91 Å². The van der Waals surface area contributed by atoms with Crippen molar-refractivity contribution in [2.24, 2.45) is 0 Å². The van der Waals surface area contributed by atoms with Crippen LogP contribution in [0.2, 0.25) is 0 Å². The minimum Gasteiger partial charge on any atom is -0.507 e. The van der Waals surface area contributed by atoms with Gasteiger partial charge in [-0.25, -0.2) is 0 Å². The maximum absolute atomic E-state index is 13.4. The Morgan fingerprint density at radius 2 is 1.21 bits per heavy atom. The lowest BCUT2D eigenvalue weighted by Gasteiger charge is -2.36. The Hall–Kier alpha value is -3.11. The number of carbonyl (C=O) groups excluding carboxylic acids is 1. The first kappa shape index (κ1) is 27.9. The van der Waals surface area contributed by atoms with Crippen molar-refractivity contribution in [1.29, 1.82) is 0 Å². The van der Waals surface area contributed by atoms with E-state index < -0.39 is 0 Å². The summed E-state index contributed by atoms with van der Waals surface area (Å²) >= 11 is 0. The molecule has 0 saturated carbocycles. The van der Waals surface area contributed by atoms with E-state index in [9.17, 15) is 9.90 Å². The fourth-order valence-electron chi connectivity index (χ4n) is 5.45. The number of phenolic OH excluding ortho intramolecular Hbond substituents is 1. The number of benzene rings is 3. The molecule has 0 aliphatic carbocycles. The quantitative estimate of drug-likeness (QED) is 0.393. The minimum atomic E-state index is -0.140. The van der Waals surface area contributed by atoms with Crippen LogP contribution in [0, 0.1) is 0 Å². The van der Waals surface area contributed by atoms with Crippen molar-refractivity contribution < 1.29 is 9.90 Å². The number of hydrogen-bond acceptors (Lipinski definition) is 3. The van der Waals surface area contributed by atoms with Crippen molar-refractivity contribution in [2.45, 2.75) is 71.3 Å². The summed E-state index contributed by atoms with van der Waals surface area (Å²) in [6.45, 7) is 16.9. The fraction of sp³-hybridized carbons (Fsp3) is 0.441. The summed E-state index contributed by atoms with van der Waals surface area (Å²) in [6.07, 6.45) is 0.482. The van der Waals surface area contributed by atoms with Crippen LogP contribution in [-0.2, 0) is 22.2 Å². The average molecular weight is 513 g/mol. The summed E-state index contributed by atoms with van der Waals surface area (Å²) in [5.41, 5.74) is 5.32. The number of amides is 1. The zero-order chi connectivity index (χ0) is 27.5. The van der Waals surface area contributed by atoms with Crippen LogP contribution in [0.1, 0.15) is 81.7 Å². The number of rotatable bonds is 6. The van der Waals surface area contributed by atoms with E-state index in [-0.39, 0.29) is 22.7 Å². The monoisotopic (exact) mass is 512 g/mol. The lowest BCUT2D eigenvalue weighted by molar-refractivity contribution is -0.133. The number of carbonyl (C=O) groups is 1. The highest BCUT2D eigenvalue weighted by atomic mass is 16.3. The van der Waals surface area contributed by atoms with E-state index in [0.29, 0.717) is 12.2 Å². The Balaban J connectivity index is 1.44. The predicted octanol–water partition coefficient (Wildman–Crippen LogP) is 6.85. The first-order valence-electron chi connectivity index (χ1n) is 13.9. The topological polar surface area (TPSA) is 43.8 Å². The molecule has 4 nitrogen and oxygen atoms in total. The molecule has 0 radical (unpaired) electrons.